The van der Waals surface area contributed by atoms with Crippen LogP contribution in [0.25, 0.3) is 0 Å². The molecule has 0 fully saturated rings. The highest BCUT2D eigenvalue weighted by Crippen LogP contribution is 2.12. The lowest BCUT2D eigenvalue weighted by atomic mass is 10.1. The third-order valence-corrected chi connectivity index (χ3v) is 2.38. The van der Waals surface area contributed by atoms with E-state index in [-0.39, 0.29) is 12.0 Å². The van der Waals surface area contributed by atoms with E-state index in [0.29, 0.717) is 19.6 Å². The summed E-state index contributed by atoms with van der Waals surface area (Å²) in [5.74, 6) is -0.198. The molecule has 0 aliphatic carbocycles. The second-order valence-corrected chi connectivity index (χ2v) is 4.55. The number of ether oxygens (including phenoxy) is 1. The molecule has 4 nitrogen and oxygen atoms in total. The van der Waals surface area contributed by atoms with Gasteiger partial charge in [-0.15, -0.1) is 0 Å². The van der Waals surface area contributed by atoms with Crippen LogP contribution in [0.15, 0.2) is 0 Å². The Morgan fingerprint density at radius 3 is 2.25 bits per heavy atom. The van der Waals surface area contributed by atoms with E-state index in [9.17, 15) is 9.90 Å². The van der Waals surface area contributed by atoms with Crippen molar-refractivity contribution >= 4 is 5.97 Å². The molecule has 0 amide bonds. The topological polar surface area (TPSA) is 49.8 Å². The molecule has 1 unspecified atom stereocenters. The lowest BCUT2D eigenvalue weighted by molar-refractivity contribution is -0.150. The van der Waals surface area contributed by atoms with Crippen molar-refractivity contribution < 1.29 is 14.6 Å². The molecule has 0 aromatic heterocycles. The second kappa shape index (κ2) is 6.86. The van der Waals surface area contributed by atoms with Crippen LogP contribution in [-0.4, -0.2) is 47.3 Å². The Labute approximate surface area is 98.6 Å². The van der Waals surface area contributed by atoms with E-state index in [2.05, 4.69) is 0 Å². The van der Waals surface area contributed by atoms with Gasteiger partial charge in [0.2, 0.25) is 0 Å². The maximum Gasteiger partial charge on any atom is 0.323 e. The van der Waals surface area contributed by atoms with Crippen LogP contribution in [0.3, 0.4) is 0 Å². The Morgan fingerprint density at radius 2 is 1.94 bits per heavy atom. The Balaban J connectivity index is 4.56. The second-order valence-electron chi connectivity index (χ2n) is 4.55. The molecule has 0 rings (SSSR count). The highest BCUT2D eigenvalue weighted by atomic mass is 16.5. The van der Waals surface area contributed by atoms with Gasteiger partial charge in [0.1, 0.15) is 6.04 Å². The number of hydrogen-bond acceptors (Lipinski definition) is 4. The summed E-state index contributed by atoms with van der Waals surface area (Å²) in [5.41, 5.74) is -0.796. The van der Waals surface area contributed by atoms with Gasteiger partial charge in [-0.05, 0) is 33.7 Å². The summed E-state index contributed by atoms with van der Waals surface area (Å²) >= 11 is 0. The molecule has 96 valence electrons. The van der Waals surface area contributed by atoms with Crippen LogP contribution < -0.4 is 0 Å². The average Bonchev–Trinajstić information content (AvgIpc) is 2.16. The first-order chi connectivity index (χ1) is 7.35. The van der Waals surface area contributed by atoms with Crippen molar-refractivity contribution in [2.24, 2.45) is 0 Å². The van der Waals surface area contributed by atoms with E-state index in [0.717, 1.165) is 6.54 Å². The van der Waals surface area contributed by atoms with Crippen LogP contribution in [0.2, 0.25) is 0 Å². The fraction of sp³-hybridized carbons (Fsp3) is 0.917. The van der Waals surface area contributed by atoms with Crippen molar-refractivity contribution in [1.29, 1.82) is 0 Å². The minimum Gasteiger partial charge on any atom is -0.465 e. The fourth-order valence-corrected chi connectivity index (χ4v) is 1.75. The Morgan fingerprint density at radius 1 is 1.38 bits per heavy atom. The molecule has 4 heteroatoms. The van der Waals surface area contributed by atoms with Gasteiger partial charge < -0.3 is 9.84 Å². The van der Waals surface area contributed by atoms with E-state index < -0.39 is 5.60 Å². The number of likely N-dealkylation sites (N-methyl/N-ethyl adjacent to an activating group) is 1. The Bertz CT molecular complexity index is 211. The molecule has 16 heavy (non-hydrogen) atoms. The maximum atomic E-state index is 11.7. The summed E-state index contributed by atoms with van der Waals surface area (Å²) in [6.45, 7) is 10.8. The summed E-state index contributed by atoms with van der Waals surface area (Å²) in [7, 11) is 0. The van der Waals surface area contributed by atoms with Crippen LogP contribution in [0.4, 0.5) is 0 Å². The number of nitrogens with zero attached hydrogens (tertiary/aromatic N) is 1. The smallest absolute Gasteiger partial charge is 0.323 e. The van der Waals surface area contributed by atoms with Crippen LogP contribution in [0, 0.1) is 0 Å². The molecular formula is C12H25NO3. The van der Waals surface area contributed by atoms with Crippen LogP contribution in [-0.2, 0) is 9.53 Å². The molecule has 0 heterocycles. The first-order valence-electron chi connectivity index (χ1n) is 5.98. The van der Waals surface area contributed by atoms with E-state index >= 15 is 0 Å². The summed E-state index contributed by atoms with van der Waals surface area (Å²) < 4.78 is 5.03. The summed E-state index contributed by atoms with van der Waals surface area (Å²) in [5, 5.41) is 9.78. The monoisotopic (exact) mass is 231 g/mol. The van der Waals surface area contributed by atoms with Crippen molar-refractivity contribution in [2.45, 2.75) is 52.7 Å². The lowest BCUT2D eigenvalue weighted by Crippen LogP contribution is -2.48. The van der Waals surface area contributed by atoms with Crippen LogP contribution in [0.1, 0.15) is 41.0 Å². The van der Waals surface area contributed by atoms with Crippen molar-refractivity contribution in [3.8, 4) is 0 Å². The molecule has 0 radical (unpaired) electrons. The summed E-state index contributed by atoms with van der Waals surface area (Å²) in [6.07, 6.45) is 0.697. The van der Waals surface area contributed by atoms with Crippen molar-refractivity contribution in [2.75, 3.05) is 19.7 Å². The zero-order valence-electron chi connectivity index (χ0n) is 11.1. The number of hydrogen-bond donors (Lipinski definition) is 1. The quantitative estimate of drug-likeness (QED) is 0.673. The minimum atomic E-state index is -0.796. The van der Waals surface area contributed by atoms with Gasteiger partial charge in [-0.1, -0.05) is 13.8 Å². The molecule has 0 aliphatic rings. The number of rotatable bonds is 7. The Hall–Kier alpha value is -0.610. The zero-order chi connectivity index (χ0) is 12.8. The highest BCUT2D eigenvalue weighted by Gasteiger charge is 2.28. The maximum absolute atomic E-state index is 11.7. The van der Waals surface area contributed by atoms with Crippen molar-refractivity contribution in [3.05, 3.63) is 0 Å². The normalized spacial score (nSPS) is 13.9. The molecule has 1 N–H and O–H groups in total. The molecule has 0 aromatic rings. The minimum absolute atomic E-state index is 0.198. The third-order valence-electron chi connectivity index (χ3n) is 2.38. The highest BCUT2D eigenvalue weighted by molar-refractivity contribution is 5.75. The molecule has 0 aromatic carbocycles. The van der Waals surface area contributed by atoms with Crippen LogP contribution >= 0.6 is 0 Å². The third kappa shape index (κ3) is 5.47. The lowest BCUT2D eigenvalue weighted by Gasteiger charge is -2.32. The van der Waals surface area contributed by atoms with Gasteiger partial charge in [0.05, 0.1) is 12.2 Å². The van der Waals surface area contributed by atoms with Gasteiger partial charge in [0.25, 0.3) is 0 Å². The SMILES string of the molecule is CCOC(=O)C(CC)N(CC)CC(C)(C)O. The van der Waals surface area contributed by atoms with Gasteiger partial charge in [0, 0.05) is 6.54 Å². The predicted molar refractivity (Wildman–Crippen MR) is 64.3 cm³/mol. The van der Waals surface area contributed by atoms with Crippen molar-refractivity contribution in [1.82, 2.24) is 4.90 Å². The van der Waals surface area contributed by atoms with Gasteiger partial charge in [0.15, 0.2) is 0 Å². The van der Waals surface area contributed by atoms with E-state index in [4.69, 9.17) is 4.74 Å². The standard InChI is InChI=1S/C12H25NO3/c1-6-10(11(14)16-8-3)13(7-2)9-12(4,5)15/h10,15H,6-9H2,1-5H3. The summed E-state index contributed by atoms with van der Waals surface area (Å²) in [6, 6.07) is -0.253. The number of aliphatic hydroxyl groups is 1. The molecular weight excluding hydrogens is 206 g/mol. The van der Waals surface area contributed by atoms with E-state index in [1.165, 1.54) is 0 Å². The van der Waals surface area contributed by atoms with Crippen molar-refractivity contribution in [3.63, 3.8) is 0 Å². The first-order valence-corrected chi connectivity index (χ1v) is 5.98. The average molecular weight is 231 g/mol. The molecule has 0 saturated carbocycles. The fourth-order valence-electron chi connectivity index (χ4n) is 1.75. The van der Waals surface area contributed by atoms with E-state index in [1.54, 1.807) is 20.8 Å². The zero-order valence-corrected chi connectivity index (χ0v) is 11.1. The number of carbonyl (C=O) groups is 1. The molecule has 0 saturated heterocycles. The number of carbonyl (C=O) groups excluding carboxylic acids is 1. The predicted octanol–water partition coefficient (Wildman–Crippen LogP) is 1.42. The molecule has 1 atom stereocenters. The number of esters is 1. The first kappa shape index (κ1) is 15.4. The van der Waals surface area contributed by atoms with Gasteiger partial charge in [-0.3, -0.25) is 9.69 Å². The molecule has 0 spiro atoms. The largest absolute Gasteiger partial charge is 0.465 e. The molecule has 0 bridgehead atoms. The molecule has 0 aliphatic heterocycles. The van der Waals surface area contributed by atoms with Gasteiger partial charge >= 0.3 is 5.97 Å². The van der Waals surface area contributed by atoms with Gasteiger partial charge in [-0.2, -0.15) is 0 Å². The summed E-state index contributed by atoms with van der Waals surface area (Å²) in [4.78, 5) is 13.7. The van der Waals surface area contributed by atoms with Crippen LogP contribution in [0.5, 0.6) is 0 Å². The van der Waals surface area contributed by atoms with E-state index in [1.807, 2.05) is 18.7 Å². The Kier molecular flexibility index (Phi) is 6.60. The van der Waals surface area contributed by atoms with Gasteiger partial charge in [-0.25, -0.2) is 0 Å².